The average molecular weight is 241 g/mol. The molecule has 2 rings (SSSR count). The summed E-state index contributed by atoms with van der Waals surface area (Å²) in [5.41, 5.74) is 3.54. The summed E-state index contributed by atoms with van der Waals surface area (Å²) in [5.74, 6) is 0. The summed E-state index contributed by atoms with van der Waals surface area (Å²) in [6.45, 7) is 2.60. The van der Waals surface area contributed by atoms with Crippen LogP contribution in [0.2, 0.25) is 0 Å². The Labute approximate surface area is 108 Å². The number of benzene rings is 2. The Morgan fingerprint density at radius 3 is 2.17 bits per heavy atom. The maximum atomic E-state index is 9.18. The Balaban J connectivity index is 1.98. The molecule has 18 heavy (non-hydrogen) atoms. The van der Waals surface area contributed by atoms with E-state index in [9.17, 15) is 5.11 Å². The van der Waals surface area contributed by atoms with Gasteiger partial charge in [-0.05, 0) is 36.6 Å². The number of hydrogen-bond donors (Lipinski definition) is 2. The second kappa shape index (κ2) is 6.22. The molecule has 94 valence electrons. The smallest absolute Gasteiger partial charge is 0.0528 e. The fraction of sp³-hybridized carbons (Fsp3) is 0.250. The Morgan fingerprint density at radius 1 is 0.944 bits per heavy atom. The summed E-state index contributed by atoms with van der Waals surface area (Å²) in [6, 6.07) is 18.7. The zero-order valence-corrected chi connectivity index (χ0v) is 10.6. The minimum absolute atomic E-state index is 0.249. The maximum absolute atomic E-state index is 9.18. The summed E-state index contributed by atoms with van der Waals surface area (Å²) >= 11 is 0. The molecule has 0 aliphatic carbocycles. The van der Waals surface area contributed by atoms with Gasteiger partial charge in [0.1, 0.15) is 0 Å². The summed E-state index contributed by atoms with van der Waals surface area (Å²) in [7, 11) is 0. The van der Waals surface area contributed by atoms with Gasteiger partial charge in [0.05, 0.1) is 6.10 Å². The SMILES string of the molecule is CC(O)CCNc1ccc(-c2ccccc2)cc1. The maximum Gasteiger partial charge on any atom is 0.0528 e. The van der Waals surface area contributed by atoms with E-state index in [0.29, 0.717) is 0 Å². The van der Waals surface area contributed by atoms with Crippen molar-refractivity contribution < 1.29 is 5.11 Å². The average Bonchev–Trinajstić information content (AvgIpc) is 2.40. The standard InChI is InChI=1S/C16H19NO/c1-13(18)11-12-17-16-9-7-15(8-10-16)14-5-3-2-4-6-14/h2-10,13,17-18H,11-12H2,1H3. The van der Waals surface area contributed by atoms with Crippen LogP contribution in [0.4, 0.5) is 5.69 Å². The molecule has 1 unspecified atom stereocenters. The number of hydrogen-bond acceptors (Lipinski definition) is 2. The molecule has 0 fully saturated rings. The van der Waals surface area contributed by atoms with E-state index >= 15 is 0 Å². The van der Waals surface area contributed by atoms with E-state index in [-0.39, 0.29) is 6.10 Å². The van der Waals surface area contributed by atoms with Gasteiger partial charge in [0.25, 0.3) is 0 Å². The summed E-state index contributed by atoms with van der Waals surface area (Å²) in [4.78, 5) is 0. The van der Waals surface area contributed by atoms with Gasteiger partial charge in [0.2, 0.25) is 0 Å². The fourth-order valence-corrected chi connectivity index (χ4v) is 1.84. The van der Waals surface area contributed by atoms with E-state index in [2.05, 4.69) is 41.7 Å². The van der Waals surface area contributed by atoms with Crippen LogP contribution in [0.3, 0.4) is 0 Å². The molecule has 0 amide bonds. The van der Waals surface area contributed by atoms with E-state index in [1.54, 1.807) is 6.92 Å². The minimum atomic E-state index is -0.249. The molecule has 2 nitrogen and oxygen atoms in total. The molecule has 0 spiro atoms. The molecule has 0 bridgehead atoms. The molecule has 0 saturated heterocycles. The molecular weight excluding hydrogens is 222 g/mol. The van der Waals surface area contributed by atoms with Crippen LogP contribution in [0.5, 0.6) is 0 Å². The van der Waals surface area contributed by atoms with E-state index in [4.69, 9.17) is 0 Å². The van der Waals surface area contributed by atoms with Crippen LogP contribution in [0.15, 0.2) is 54.6 Å². The van der Waals surface area contributed by atoms with Crippen LogP contribution in [0, 0.1) is 0 Å². The first-order valence-electron chi connectivity index (χ1n) is 6.33. The Bertz CT molecular complexity index is 462. The highest BCUT2D eigenvalue weighted by Gasteiger charge is 1.98. The first-order valence-corrected chi connectivity index (χ1v) is 6.33. The van der Waals surface area contributed by atoms with Crippen LogP contribution in [-0.4, -0.2) is 17.8 Å². The summed E-state index contributed by atoms with van der Waals surface area (Å²) < 4.78 is 0. The number of aliphatic hydroxyl groups excluding tert-OH is 1. The molecule has 0 aliphatic rings. The summed E-state index contributed by atoms with van der Waals surface area (Å²) in [5, 5.41) is 12.5. The molecule has 0 heterocycles. The third-order valence-corrected chi connectivity index (χ3v) is 2.88. The van der Waals surface area contributed by atoms with E-state index in [0.717, 1.165) is 18.7 Å². The van der Waals surface area contributed by atoms with Crippen LogP contribution in [0.25, 0.3) is 11.1 Å². The monoisotopic (exact) mass is 241 g/mol. The summed E-state index contributed by atoms with van der Waals surface area (Å²) in [6.07, 6.45) is 0.515. The number of anilines is 1. The van der Waals surface area contributed by atoms with Crippen LogP contribution in [-0.2, 0) is 0 Å². The topological polar surface area (TPSA) is 32.3 Å². The van der Waals surface area contributed by atoms with Crippen LogP contribution in [0.1, 0.15) is 13.3 Å². The quantitative estimate of drug-likeness (QED) is 0.839. The molecule has 2 heteroatoms. The number of aliphatic hydroxyl groups is 1. The molecule has 2 aromatic rings. The van der Waals surface area contributed by atoms with Crippen LogP contribution < -0.4 is 5.32 Å². The van der Waals surface area contributed by atoms with Gasteiger partial charge in [0, 0.05) is 12.2 Å². The number of rotatable bonds is 5. The van der Waals surface area contributed by atoms with Crippen molar-refractivity contribution in [3.63, 3.8) is 0 Å². The molecule has 1 atom stereocenters. The van der Waals surface area contributed by atoms with Crippen molar-refractivity contribution in [2.45, 2.75) is 19.4 Å². The van der Waals surface area contributed by atoms with Crippen molar-refractivity contribution in [2.75, 3.05) is 11.9 Å². The fourth-order valence-electron chi connectivity index (χ4n) is 1.84. The van der Waals surface area contributed by atoms with Gasteiger partial charge in [-0.3, -0.25) is 0 Å². The lowest BCUT2D eigenvalue weighted by molar-refractivity contribution is 0.189. The third-order valence-electron chi connectivity index (χ3n) is 2.88. The highest BCUT2D eigenvalue weighted by molar-refractivity contribution is 5.65. The first kappa shape index (κ1) is 12.7. The molecule has 0 radical (unpaired) electrons. The lowest BCUT2D eigenvalue weighted by Crippen LogP contribution is -2.09. The molecule has 0 aliphatic heterocycles. The zero-order valence-electron chi connectivity index (χ0n) is 10.6. The van der Waals surface area contributed by atoms with Crippen molar-refractivity contribution >= 4 is 5.69 Å². The van der Waals surface area contributed by atoms with Crippen molar-refractivity contribution in [2.24, 2.45) is 0 Å². The second-order valence-electron chi connectivity index (χ2n) is 4.51. The lowest BCUT2D eigenvalue weighted by Gasteiger charge is -2.09. The van der Waals surface area contributed by atoms with Gasteiger partial charge >= 0.3 is 0 Å². The molecule has 2 N–H and O–H groups in total. The zero-order chi connectivity index (χ0) is 12.8. The normalized spacial score (nSPS) is 12.1. The van der Waals surface area contributed by atoms with Crippen molar-refractivity contribution in [1.29, 1.82) is 0 Å². The first-order chi connectivity index (χ1) is 8.75. The van der Waals surface area contributed by atoms with E-state index in [1.165, 1.54) is 11.1 Å². The Morgan fingerprint density at radius 2 is 1.56 bits per heavy atom. The van der Waals surface area contributed by atoms with Gasteiger partial charge in [-0.2, -0.15) is 0 Å². The van der Waals surface area contributed by atoms with E-state index < -0.39 is 0 Å². The lowest BCUT2D eigenvalue weighted by atomic mass is 10.1. The van der Waals surface area contributed by atoms with Crippen molar-refractivity contribution in [3.05, 3.63) is 54.6 Å². The number of nitrogens with one attached hydrogen (secondary N) is 1. The predicted octanol–water partition coefficient (Wildman–Crippen LogP) is 3.54. The van der Waals surface area contributed by atoms with Crippen LogP contribution >= 0.6 is 0 Å². The highest BCUT2D eigenvalue weighted by Crippen LogP contribution is 2.20. The van der Waals surface area contributed by atoms with Gasteiger partial charge in [0.15, 0.2) is 0 Å². The molecule has 0 aromatic heterocycles. The molecular formula is C16H19NO. The van der Waals surface area contributed by atoms with E-state index in [1.807, 2.05) is 18.2 Å². The van der Waals surface area contributed by atoms with Gasteiger partial charge in [-0.25, -0.2) is 0 Å². The Hall–Kier alpha value is -1.80. The van der Waals surface area contributed by atoms with Gasteiger partial charge in [-0.1, -0.05) is 42.5 Å². The second-order valence-corrected chi connectivity index (χ2v) is 4.51. The minimum Gasteiger partial charge on any atom is -0.393 e. The predicted molar refractivity (Wildman–Crippen MR) is 76.7 cm³/mol. The van der Waals surface area contributed by atoms with Gasteiger partial charge in [-0.15, -0.1) is 0 Å². The van der Waals surface area contributed by atoms with Gasteiger partial charge < -0.3 is 10.4 Å². The largest absolute Gasteiger partial charge is 0.393 e. The Kier molecular flexibility index (Phi) is 4.37. The van der Waals surface area contributed by atoms with Crippen molar-refractivity contribution in [3.8, 4) is 11.1 Å². The highest BCUT2D eigenvalue weighted by atomic mass is 16.3. The van der Waals surface area contributed by atoms with Crippen molar-refractivity contribution in [1.82, 2.24) is 0 Å². The molecule has 2 aromatic carbocycles. The third kappa shape index (κ3) is 3.60. The molecule has 0 saturated carbocycles.